The number of likely N-dealkylation sites (N-methyl/N-ethyl adjacent to an activating group) is 1. The topological polar surface area (TPSA) is 30.9 Å². The third kappa shape index (κ3) is 3.04. The summed E-state index contributed by atoms with van der Waals surface area (Å²) in [4.78, 5) is 9.70. The number of benzene rings is 2. The zero-order valence-corrected chi connectivity index (χ0v) is 15.7. The number of halogens is 2. The lowest BCUT2D eigenvalue weighted by Gasteiger charge is -2.34. The predicted octanol–water partition coefficient (Wildman–Crippen LogP) is 4.49. The van der Waals surface area contributed by atoms with Crippen LogP contribution in [0.3, 0.4) is 0 Å². The molecule has 0 aliphatic carbocycles. The number of anilines is 2. The Morgan fingerprint density at radius 2 is 1.79 bits per heavy atom. The summed E-state index contributed by atoms with van der Waals surface area (Å²) in [5.74, 6) is 1.01. The highest BCUT2D eigenvalue weighted by Crippen LogP contribution is 2.37. The number of rotatable bonds is 0. The molecule has 2 aliphatic rings. The van der Waals surface area contributed by atoms with E-state index in [9.17, 15) is 0 Å². The third-order valence-corrected chi connectivity index (χ3v) is 5.21. The molecule has 2 aromatic rings. The molecule has 0 radical (unpaired) electrons. The average Bonchev–Trinajstić information content (AvgIpc) is 2.72. The summed E-state index contributed by atoms with van der Waals surface area (Å²) in [5, 5.41) is 4.20. The molecule has 0 spiro atoms. The van der Waals surface area contributed by atoms with Gasteiger partial charge >= 0.3 is 0 Å². The maximum atomic E-state index is 6.19. The van der Waals surface area contributed by atoms with Gasteiger partial charge in [0.05, 0.1) is 11.4 Å². The Morgan fingerprint density at radius 3 is 2.58 bits per heavy atom. The highest BCUT2D eigenvalue weighted by molar-refractivity contribution is 9.10. The molecule has 2 heterocycles. The van der Waals surface area contributed by atoms with Crippen LogP contribution in [0.2, 0.25) is 5.02 Å². The molecule has 0 saturated carbocycles. The highest BCUT2D eigenvalue weighted by Gasteiger charge is 2.24. The Morgan fingerprint density at radius 1 is 1.04 bits per heavy atom. The Bertz CT molecular complexity index is 813. The summed E-state index contributed by atoms with van der Waals surface area (Å²) >= 11 is 9.79. The Labute approximate surface area is 155 Å². The number of piperazine rings is 1. The van der Waals surface area contributed by atoms with E-state index in [0.29, 0.717) is 5.02 Å². The van der Waals surface area contributed by atoms with E-state index < -0.39 is 0 Å². The van der Waals surface area contributed by atoms with E-state index in [2.05, 4.69) is 50.2 Å². The normalized spacial score (nSPS) is 17.5. The van der Waals surface area contributed by atoms with Crippen LogP contribution < -0.4 is 5.32 Å². The van der Waals surface area contributed by atoms with Crippen molar-refractivity contribution in [2.75, 3.05) is 38.5 Å². The van der Waals surface area contributed by atoms with Crippen molar-refractivity contribution in [2.45, 2.75) is 0 Å². The molecule has 6 heteroatoms. The standard InChI is InChI=1S/C18H18BrClN4/c1-23-6-8-24(9-7-23)18-14-10-12(19)2-4-15(14)21-16-5-3-13(20)11-17(16)22-18/h2-5,10-11,21H,6-9H2,1H3. The van der Waals surface area contributed by atoms with Crippen LogP contribution in [0.15, 0.2) is 45.9 Å². The van der Waals surface area contributed by atoms with Crippen molar-refractivity contribution in [3.05, 3.63) is 51.5 Å². The first-order chi connectivity index (χ1) is 11.6. The Balaban J connectivity index is 1.85. The smallest absolute Gasteiger partial charge is 0.138 e. The molecule has 0 amide bonds. The van der Waals surface area contributed by atoms with E-state index in [1.165, 1.54) is 0 Å². The lowest BCUT2D eigenvalue weighted by molar-refractivity contribution is 0.216. The molecule has 124 valence electrons. The summed E-state index contributed by atoms with van der Waals surface area (Å²) in [6.07, 6.45) is 0. The minimum absolute atomic E-state index is 0.698. The molecule has 4 nitrogen and oxygen atoms in total. The van der Waals surface area contributed by atoms with Crippen LogP contribution in [0.4, 0.5) is 17.1 Å². The van der Waals surface area contributed by atoms with Gasteiger partial charge in [-0.25, -0.2) is 4.99 Å². The fourth-order valence-corrected chi connectivity index (χ4v) is 3.62. The summed E-state index contributed by atoms with van der Waals surface area (Å²) in [7, 11) is 2.16. The third-order valence-electron chi connectivity index (χ3n) is 4.48. The van der Waals surface area contributed by atoms with E-state index in [4.69, 9.17) is 16.6 Å². The molecular weight excluding hydrogens is 388 g/mol. The van der Waals surface area contributed by atoms with Crippen molar-refractivity contribution in [3.63, 3.8) is 0 Å². The van der Waals surface area contributed by atoms with Crippen molar-refractivity contribution in [1.82, 2.24) is 9.80 Å². The number of nitrogens with one attached hydrogen (secondary N) is 1. The molecular formula is C18H18BrClN4. The fraction of sp³-hybridized carbons (Fsp3) is 0.278. The van der Waals surface area contributed by atoms with Gasteiger partial charge in [-0.15, -0.1) is 0 Å². The number of fused-ring (bicyclic) bond motifs is 2. The van der Waals surface area contributed by atoms with Gasteiger partial charge in [-0.3, -0.25) is 0 Å². The van der Waals surface area contributed by atoms with Crippen LogP contribution in [0.1, 0.15) is 5.56 Å². The largest absolute Gasteiger partial charge is 0.353 e. The molecule has 0 atom stereocenters. The number of hydrogen-bond donors (Lipinski definition) is 1. The van der Waals surface area contributed by atoms with E-state index in [0.717, 1.165) is 59.1 Å². The van der Waals surface area contributed by atoms with Gasteiger partial charge in [0.15, 0.2) is 0 Å². The lowest BCUT2D eigenvalue weighted by atomic mass is 10.1. The van der Waals surface area contributed by atoms with E-state index in [-0.39, 0.29) is 0 Å². The monoisotopic (exact) mass is 404 g/mol. The van der Waals surface area contributed by atoms with Gasteiger partial charge in [0.25, 0.3) is 0 Å². The van der Waals surface area contributed by atoms with Crippen LogP contribution >= 0.6 is 27.5 Å². The van der Waals surface area contributed by atoms with Crippen LogP contribution in [0.5, 0.6) is 0 Å². The second kappa shape index (κ2) is 6.39. The molecule has 0 unspecified atom stereocenters. The van der Waals surface area contributed by atoms with Gasteiger partial charge in [0.1, 0.15) is 5.84 Å². The molecule has 4 rings (SSSR count). The predicted molar refractivity (Wildman–Crippen MR) is 104 cm³/mol. The summed E-state index contributed by atoms with van der Waals surface area (Å²) < 4.78 is 1.05. The molecule has 0 aromatic heterocycles. The van der Waals surface area contributed by atoms with E-state index in [1.807, 2.05) is 24.3 Å². The Hall–Kier alpha value is -1.56. The first kappa shape index (κ1) is 15.9. The van der Waals surface area contributed by atoms with Crippen molar-refractivity contribution in [2.24, 2.45) is 4.99 Å². The van der Waals surface area contributed by atoms with Crippen molar-refractivity contribution in [1.29, 1.82) is 0 Å². The Kier molecular flexibility index (Phi) is 4.24. The second-order valence-electron chi connectivity index (χ2n) is 6.20. The zero-order chi connectivity index (χ0) is 16.7. The van der Waals surface area contributed by atoms with Gasteiger partial charge in [0.2, 0.25) is 0 Å². The lowest BCUT2D eigenvalue weighted by Crippen LogP contribution is -2.47. The molecule has 24 heavy (non-hydrogen) atoms. The van der Waals surface area contributed by atoms with Crippen molar-refractivity contribution >= 4 is 50.4 Å². The average molecular weight is 406 g/mol. The van der Waals surface area contributed by atoms with Gasteiger partial charge < -0.3 is 15.1 Å². The summed E-state index contributed by atoms with van der Waals surface area (Å²) in [6, 6.07) is 12.1. The van der Waals surface area contributed by atoms with Crippen LogP contribution in [0, 0.1) is 0 Å². The number of hydrogen-bond acceptors (Lipinski definition) is 4. The number of amidine groups is 1. The van der Waals surface area contributed by atoms with Crippen LogP contribution in [-0.2, 0) is 0 Å². The molecule has 0 bridgehead atoms. The van der Waals surface area contributed by atoms with Gasteiger partial charge in [-0.1, -0.05) is 27.5 Å². The molecule has 1 N–H and O–H groups in total. The second-order valence-corrected chi connectivity index (χ2v) is 7.55. The maximum Gasteiger partial charge on any atom is 0.138 e. The molecule has 1 fully saturated rings. The SMILES string of the molecule is CN1CCN(C2=Nc3cc(Cl)ccc3Nc3ccc(Br)cc32)CC1. The number of aliphatic imine (C=N–C) groups is 1. The van der Waals surface area contributed by atoms with E-state index >= 15 is 0 Å². The quantitative estimate of drug-likeness (QED) is 0.701. The number of nitrogens with zero attached hydrogens (tertiary/aromatic N) is 3. The van der Waals surface area contributed by atoms with Crippen LogP contribution in [-0.4, -0.2) is 48.9 Å². The van der Waals surface area contributed by atoms with Crippen LogP contribution in [0.25, 0.3) is 0 Å². The first-order valence-electron chi connectivity index (χ1n) is 7.99. The van der Waals surface area contributed by atoms with Gasteiger partial charge in [-0.05, 0) is 43.4 Å². The highest BCUT2D eigenvalue weighted by atomic mass is 79.9. The minimum atomic E-state index is 0.698. The summed E-state index contributed by atoms with van der Waals surface area (Å²) in [6.45, 7) is 4.02. The molecule has 1 saturated heterocycles. The van der Waals surface area contributed by atoms with Gasteiger partial charge in [-0.2, -0.15) is 0 Å². The van der Waals surface area contributed by atoms with Crippen molar-refractivity contribution in [3.8, 4) is 0 Å². The van der Waals surface area contributed by atoms with Gasteiger partial charge in [0, 0.05) is 46.9 Å². The summed E-state index contributed by atoms with van der Waals surface area (Å²) in [5.41, 5.74) is 4.04. The molecule has 2 aliphatic heterocycles. The zero-order valence-electron chi connectivity index (χ0n) is 13.4. The van der Waals surface area contributed by atoms with Crippen molar-refractivity contribution < 1.29 is 0 Å². The minimum Gasteiger partial charge on any atom is -0.353 e. The first-order valence-corrected chi connectivity index (χ1v) is 9.16. The molecule has 2 aromatic carbocycles. The maximum absolute atomic E-state index is 6.19. The fourth-order valence-electron chi connectivity index (χ4n) is 3.09. The van der Waals surface area contributed by atoms with E-state index in [1.54, 1.807) is 0 Å².